The Labute approximate surface area is 160 Å². The van der Waals surface area contributed by atoms with Crippen LogP contribution < -0.4 is 15.4 Å². The van der Waals surface area contributed by atoms with Crippen molar-refractivity contribution in [1.82, 2.24) is 9.97 Å². The van der Waals surface area contributed by atoms with E-state index in [-0.39, 0.29) is 5.41 Å². The topological polar surface area (TPSA) is 59.1 Å². The van der Waals surface area contributed by atoms with Crippen molar-refractivity contribution in [3.05, 3.63) is 66.0 Å². The summed E-state index contributed by atoms with van der Waals surface area (Å²) in [5.74, 6) is 2.91. The third kappa shape index (κ3) is 4.56. The molecule has 0 amide bonds. The molecule has 2 aromatic carbocycles. The van der Waals surface area contributed by atoms with E-state index in [1.165, 1.54) is 5.56 Å². The molecule has 1 aromatic heterocycles. The highest BCUT2D eigenvalue weighted by Gasteiger charge is 2.18. The first kappa shape index (κ1) is 18.7. The molecule has 1 heterocycles. The van der Waals surface area contributed by atoms with Crippen molar-refractivity contribution >= 4 is 23.0 Å². The summed E-state index contributed by atoms with van der Waals surface area (Å²) in [6.07, 6.45) is 0. The molecule has 3 rings (SSSR count). The lowest BCUT2D eigenvalue weighted by atomic mass is 9.86. The lowest BCUT2D eigenvalue weighted by molar-refractivity contribution is 0.417. The van der Waals surface area contributed by atoms with Crippen molar-refractivity contribution in [3.63, 3.8) is 0 Å². The molecule has 0 fully saturated rings. The van der Waals surface area contributed by atoms with Crippen LogP contribution in [0.5, 0.6) is 5.75 Å². The van der Waals surface area contributed by atoms with Crippen LogP contribution in [-0.2, 0) is 5.41 Å². The van der Waals surface area contributed by atoms with Crippen LogP contribution in [-0.4, -0.2) is 17.1 Å². The van der Waals surface area contributed by atoms with Crippen LogP contribution in [0, 0.1) is 6.92 Å². The quantitative estimate of drug-likeness (QED) is 0.620. The third-order valence-electron chi connectivity index (χ3n) is 4.21. The average molecular weight is 362 g/mol. The van der Waals surface area contributed by atoms with Gasteiger partial charge in [-0.05, 0) is 36.1 Å². The average Bonchev–Trinajstić information content (AvgIpc) is 2.61. The maximum absolute atomic E-state index is 5.41. The van der Waals surface area contributed by atoms with Crippen molar-refractivity contribution in [1.29, 1.82) is 0 Å². The maximum atomic E-state index is 5.41. The van der Waals surface area contributed by atoms with Crippen molar-refractivity contribution in [2.75, 3.05) is 17.7 Å². The smallest absolute Gasteiger partial charge is 0.142 e. The zero-order valence-corrected chi connectivity index (χ0v) is 16.5. The summed E-state index contributed by atoms with van der Waals surface area (Å²) in [6.45, 7) is 8.49. The van der Waals surface area contributed by atoms with Gasteiger partial charge in [0.15, 0.2) is 0 Å². The van der Waals surface area contributed by atoms with Gasteiger partial charge >= 0.3 is 0 Å². The van der Waals surface area contributed by atoms with Crippen molar-refractivity contribution in [3.8, 4) is 5.75 Å². The van der Waals surface area contributed by atoms with Crippen LogP contribution >= 0.6 is 0 Å². The number of aryl methyl sites for hydroxylation is 1. The lowest BCUT2D eigenvalue weighted by Crippen LogP contribution is -2.14. The van der Waals surface area contributed by atoms with Crippen molar-refractivity contribution in [2.24, 2.45) is 0 Å². The number of methoxy groups -OCH3 is 1. The Morgan fingerprint density at radius 3 is 2.00 bits per heavy atom. The predicted molar refractivity (Wildman–Crippen MR) is 111 cm³/mol. The monoisotopic (exact) mass is 362 g/mol. The number of hydrogen-bond donors (Lipinski definition) is 2. The van der Waals surface area contributed by atoms with Crippen LogP contribution in [0.1, 0.15) is 32.2 Å². The van der Waals surface area contributed by atoms with E-state index in [2.05, 4.69) is 59.6 Å². The third-order valence-corrected chi connectivity index (χ3v) is 4.21. The molecular formula is C22H26N4O. The molecule has 0 radical (unpaired) electrons. The van der Waals surface area contributed by atoms with Crippen LogP contribution in [0.15, 0.2) is 54.6 Å². The normalized spacial score (nSPS) is 11.1. The number of nitrogens with zero attached hydrogens (tertiary/aromatic N) is 2. The number of anilines is 4. The molecule has 0 bridgehead atoms. The number of ether oxygens (including phenoxy) is 1. The van der Waals surface area contributed by atoms with Gasteiger partial charge in [0.05, 0.1) is 12.8 Å². The van der Waals surface area contributed by atoms with Crippen molar-refractivity contribution < 1.29 is 4.74 Å². The first-order chi connectivity index (χ1) is 12.9. The minimum absolute atomic E-state index is 0.0319. The Hall–Kier alpha value is -3.08. The van der Waals surface area contributed by atoms with Crippen LogP contribution in [0.25, 0.3) is 0 Å². The zero-order chi connectivity index (χ0) is 19.4. The van der Waals surface area contributed by atoms with E-state index in [0.717, 1.165) is 22.9 Å². The number of aromatic nitrogens is 2. The summed E-state index contributed by atoms with van der Waals surface area (Å²) >= 11 is 0. The number of hydrogen-bond acceptors (Lipinski definition) is 5. The molecule has 0 atom stereocenters. The van der Waals surface area contributed by atoms with Gasteiger partial charge in [-0.25, -0.2) is 9.97 Å². The summed E-state index contributed by atoms with van der Waals surface area (Å²) in [7, 11) is 1.65. The van der Waals surface area contributed by atoms with Gasteiger partial charge in [-0.15, -0.1) is 0 Å². The van der Waals surface area contributed by atoms with E-state index < -0.39 is 0 Å². The van der Waals surface area contributed by atoms with Gasteiger partial charge in [-0.2, -0.15) is 0 Å². The lowest BCUT2D eigenvalue weighted by Gasteiger charge is -2.23. The molecule has 5 heteroatoms. The van der Waals surface area contributed by atoms with Gasteiger partial charge in [0.1, 0.15) is 23.2 Å². The van der Waals surface area contributed by atoms with Gasteiger partial charge in [0.25, 0.3) is 0 Å². The molecule has 140 valence electrons. The molecule has 27 heavy (non-hydrogen) atoms. The molecule has 3 aromatic rings. The summed E-state index contributed by atoms with van der Waals surface area (Å²) in [5.41, 5.74) is 3.18. The summed E-state index contributed by atoms with van der Waals surface area (Å²) in [6, 6.07) is 18.0. The molecular weight excluding hydrogens is 336 g/mol. The Bertz CT molecular complexity index is 932. The largest absolute Gasteiger partial charge is 0.495 e. The maximum Gasteiger partial charge on any atom is 0.142 e. The fourth-order valence-corrected chi connectivity index (χ4v) is 2.97. The Morgan fingerprint density at radius 2 is 1.37 bits per heavy atom. The zero-order valence-electron chi connectivity index (χ0n) is 16.5. The molecule has 0 saturated carbocycles. The fraction of sp³-hybridized carbons (Fsp3) is 0.273. The molecule has 5 nitrogen and oxygen atoms in total. The predicted octanol–water partition coefficient (Wildman–Crippen LogP) is 5.58. The SMILES string of the molecule is COc1ccccc1Nc1cc(Nc2ccccc2C(C)(C)C)nc(C)n1. The molecule has 0 aliphatic rings. The highest BCUT2D eigenvalue weighted by molar-refractivity contribution is 5.68. The summed E-state index contributed by atoms with van der Waals surface area (Å²) in [4.78, 5) is 9.04. The number of para-hydroxylation sites is 3. The Balaban J connectivity index is 1.91. The number of nitrogens with one attached hydrogen (secondary N) is 2. The van der Waals surface area contributed by atoms with Gasteiger partial charge in [0.2, 0.25) is 0 Å². The second kappa shape index (κ2) is 7.66. The molecule has 0 unspecified atom stereocenters. The van der Waals surface area contributed by atoms with Gasteiger partial charge < -0.3 is 15.4 Å². The minimum atomic E-state index is 0.0319. The van der Waals surface area contributed by atoms with Gasteiger partial charge in [-0.3, -0.25) is 0 Å². The van der Waals surface area contributed by atoms with Crippen LogP contribution in [0.3, 0.4) is 0 Å². The molecule has 0 spiro atoms. The summed E-state index contributed by atoms with van der Waals surface area (Å²) < 4.78 is 5.41. The highest BCUT2D eigenvalue weighted by Crippen LogP contribution is 2.32. The second-order valence-corrected chi connectivity index (χ2v) is 7.43. The number of rotatable bonds is 5. The van der Waals surface area contributed by atoms with E-state index in [1.54, 1.807) is 7.11 Å². The van der Waals surface area contributed by atoms with Crippen molar-refractivity contribution in [2.45, 2.75) is 33.1 Å². The molecule has 0 aliphatic carbocycles. The molecule has 2 N–H and O–H groups in total. The highest BCUT2D eigenvalue weighted by atomic mass is 16.5. The first-order valence-electron chi connectivity index (χ1n) is 8.99. The van der Waals surface area contributed by atoms with Gasteiger partial charge in [0, 0.05) is 11.8 Å². The van der Waals surface area contributed by atoms with E-state index in [4.69, 9.17) is 4.74 Å². The minimum Gasteiger partial charge on any atom is -0.495 e. The van der Waals surface area contributed by atoms with E-state index >= 15 is 0 Å². The molecule has 0 saturated heterocycles. The number of benzene rings is 2. The second-order valence-electron chi connectivity index (χ2n) is 7.43. The fourth-order valence-electron chi connectivity index (χ4n) is 2.97. The summed E-state index contributed by atoms with van der Waals surface area (Å²) in [5, 5.41) is 6.77. The van der Waals surface area contributed by atoms with Gasteiger partial charge in [-0.1, -0.05) is 51.1 Å². The Kier molecular flexibility index (Phi) is 5.31. The van der Waals surface area contributed by atoms with E-state index in [1.807, 2.05) is 43.3 Å². The standard InChI is InChI=1S/C22H26N4O/c1-15-23-20(25-17-11-7-6-10-16(17)22(2,3)4)14-21(24-15)26-18-12-8-9-13-19(18)27-5/h6-14H,1-5H3,(H2,23,24,25,26). The first-order valence-corrected chi connectivity index (χ1v) is 8.99. The van der Waals surface area contributed by atoms with Crippen LogP contribution in [0.2, 0.25) is 0 Å². The molecule has 0 aliphatic heterocycles. The Morgan fingerprint density at radius 1 is 0.815 bits per heavy atom. The van der Waals surface area contributed by atoms with Crippen LogP contribution in [0.4, 0.5) is 23.0 Å². The van der Waals surface area contributed by atoms with E-state index in [0.29, 0.717) is 11.6 Å². The van der Waals surface area contributed by atoms with E-state index in [9.17, 15) is 0 Å².